The number of carbonyl (C=O) groups excluding carboxylic acids is 2. The molecule has 0 aliphatic carbocycles. The van der Waals surface area contributed by atoms with Crippen LogP contribution in [0.15, 0.2) is 48.8 Å². The van der Waals surface area contributed by atoms with Crippen molar-refractivity contribution in [3.63, 3.8) is 0 Å². The number of likely N-dealkylation sites (tertiary alicyclic amines) is 1. The summed E-state index contributed by atoms with van der Waals surface area (Å²) in [4.78, 5) is 33.6. The molecule has 162 valence electrons. The molecule has 3 heterocycles. The van der Waals surface area contributed by atoms with E-state index in [0.717, 1.165) is 45.7 Å². The molecule has 2 saturated heterocycles. The molecule has 2 amide bonds. The average Bonchev–Trinajstić information content (AvgIpc) is 3.25. The number of anilines is 1. The summed E-state index contributed by atoms with van der Waals surface area (Å²) in [6.45, 7) is 5.67. The summed E-state index contributed by atoms with van der Waals surface area (Å²) in [5.41, 5.74) is 1.69. The molecular weight excluding hydrogens is 425 g/mol. The predicted octanol–water partition coefficient (Wildman–Crippen LogP) is 2.30. The normalized spacial score (nSPS) is 18.8. The maximum absolute atomic E-state index is 13.0. The van der Waals surface area contributed by atoms with Crippen LogP contribution in [-0.2, 0) is 0 Å². The van der Waals surface area contributed by atoms with Crippen molar-refractivity contribution in [3.8, 4) is 0 Å². The van der Waals surface area contributed by atoms with Gasteiger partial charge in [0.15, 0.2) is 0 Å². The van der Waals surface area contributed by atoms with Crippen LogP contribution in [0.3, 0.4) is 0 Å². The van der Waals surface area contributed by atoms with Crippen LogP contribution in [0.2, 0.25) is 0 Å². The predicted molar refractivity (Wildman–Crippen MR) is 122 cm³/mol. The number of carbonyl (C=O) groups is 2. The molecule has 7 nitrogen and oxygen atoms in total. The fourth-order valence-corrected chi connectivity index (χ4v) is 3.88. The Morgan fingerprint density at radius 3 is 2.53 bits per heavy atom. The molecule has 2 aliphatic rings. The lowest BCUT2D eigenvalue weighted by atomic mass is 10.1. The van der Waals surface area contributed by atoms with Gasteiger partial charge in [-0.2, -0.15) is 0 Å². The molecule has 2 N–H and O–H groups in total. The molecule has 1 atom stereocenters. The molecule has 0 bridgehead atoms. The summed E-state index contributed by atoms with van der Waals surface area (Å²) < 4.78 is 0. The number of halogens is 2. The Hall–Kier alpha value is -2.19. The molecule has 0 radical (unpaired) electrons. The second kappa shape index (κ2) is 11.3. The Balaban J connectivity index is 0.00000160. The third kappa shape index (κ3) is 5.70. The highest BCUT2D eigenvalue weighted by molar-refractivity contribution is 6.05. The highest BCUT2D eigenvalue weighted by atomic mass is 35.5. The van der Waals surface area contributed by atoms with Crippen molar-refractivity contribution in [2.75, 3.05) is 44.6 Å². The first kappa shape index (κ1) is 24.1. The summed E-state index contributed by atoms with van der Waals surface area (Å²) in [5, 5.41) is 6.21. The van der Waals surface area contributed by atoms with E-state index in [0.29, 0.717) is 22.9 Å². The molecule has 2 aromatic rings. The zero-order chi connectivity index (χ0) is 19.3. The van der Waals surface area contributed by atoms with Crippen LogP contribution in [0.1, 0.15) is 27.1 Å². The zero-order valence-corrected chi connectivity index (χ0v) is 18.3. The minimum Gasteiger partial charge on any atom is -0.337 e. The van der Waals surface area contributed by atoms with Crippen molar-refractivity contribution in [2.24, 2.45) is 0 Å². The highest BCUT2D eigenvalue weighted by Crippen LogP contribution is 2.20. The number of rotatable bonds is 4. The first-order chi connectivity index (χ1) is 13.7. The third-order valence-corrected chi connectivity index (χ3v) is 5.41. The SMILES string of the molecule is Cl.Cl.O=C(Nc1cccc(C(=O)N2CCC(N3CCNCC3)C2)c1)c1cccnc1. The van der Waals surface area contributed by atoms with Crippen molar-refractivity contribution >= 4 is 42.3 Å². The van der Waals surface area contributed by atoms with Gasteiger partial charge in [-0.15, -0.1) is 24.8 Å². The van der Waals surface area contributed by atoms with E-state index in [4.69, 9.17) is 0 Å². The number of pyridine rings is 1. The number of hydrogen-bond donors (Lipinski definition) is 2. The molecule has 1 unspecified atom stereocenters. The van der Waals surface area contributed by atoms with Gasteiger partial charge in [0.2, 0.25) is 0 Å². The van der Waals surface area contributed by atoms with Gasteiger partial charge in [0.25, 0.3) is 11.8 Å². The van der Waals surface area contributed by atoms with Crippen molar-refractivity contribution in [2.45, 2.75) is 12.5 Å². The highest BCUT2D eigenvalue weighted by Gasteiger charge is 2.31. The summed E-state index contributed by atoms with van der Waals surface area (Å²) in [5.74, 6) is -0.215. The van der Waals surface area contributed by atoms with Crippen LogP contribution < -0.4 is 10.6 Å². The Morgan fingerprint density at radius 1 is 1.03 bits per heavy atom. The Bertz CT molecular complexity index is 846. The van der Waals surface area contributed by atoms with Crippen LogP contribution in [-0.4, -0.2) is 71.9 Å². The summed E-state index contributed by atoms with van der Waals surface area (Å²) in [7, 11) is 0. The minimum atomic E-state index is -0.238. The van der Waals surface area contributed by atoms with Gasteiger partial charge in [0.05, 0.1) is 5.56 Å². The molecular formula is C21H27Cl2N5O2. The second-order valence-electron chi connectivity index (χ2n) is 7.26. The Kier molecular flexibility index (Phi) is 9.05. The molecule has 0 saturated carbocycles. The van der Waals surface area contributed by atoms with Gasteiger partial charge in [-0.25, -0.2) is 0 Å². The molecule has 2 fully saturated rings. The largest absolute Gasteiger partial charge is 0.337 e. The van der Waals surface area contributed by atoms with Crippen LogP contribution in [0.5, 0.6) is 0 Å². The van der Waals surface area contributed by atoms with E-state index in [1.54, 1.807) is 42.6 Å². The number of benzene rings is 1. The lowest BCUT2D eigenvalue weighted by Gasteiger charge is -2.32. The fourth-order valence-electron chi connectivity index (χ4n) is 3.88. The fraction of sp³-hybridized carbons (Fsp3) is 0.381. The number of piperazine rings is 1. The van der Waals surface area contributed by atoms with E-state index in [1.165, 1.54) is 6.20 Å². The first-order valence-corrected chi connectivity index (χ1v) is 9.76. The van der Waals surface area contributed by atoms with Crippen molar-refractivity contribution in [3.05, 3.63) is 59.9 Å². The maximum atomic E-state index is 13.0. The van der Waals surface area contributed by atoms with Crippen LogP contribution >= 0.6 is 24.8 Å². The van der Waals surface area contributed by atoms with Crippen molar-refractivity contribution in [1.29, 1.82) is 0 Å². The number of nitrogens with zero attached hydrogens (tertiary/aromatic N) is 3. The smallest absolute Gasteiger partial charge is 0.257 e. The van der Waals surface area contributed by atoms with Crippen molar-refractivity contribution in [1.82, 2.24) is 20.1 Å². The van der Waals surface area contributed by atoms with E-state index in [1.807, 2.05) is 4.90 Å². The van der Waals surface area contributed by atoms with Gasteiger partial charge < -0.3 is 15.5 Å². The van der Waals surface area contributed by atoms with E-state index >= 15 is 0 Å². The number of aromatic nitrogens is 1. The van der Waals surface area contributed by atoms with E-state index < -0.39 is 0 Å². The Labute approximate surface area is 189 Å². The van der Waals surface area contributed by atoms with Gasteiger partial charge in [0, 0.05) is 69.0 Å². The Morgan fingerprint density at radius 2 is 1.80 bits per heavy atom. The minimum absolute atomic E-state index is 0. The van der Waals surface area contributed by atoms with Gasteiger partial charge in [-0.3, -0.25) is 19.5 Å². The second-order valence-corrected chi connectivity index (χ2v) is 7.26. The van der Waals surface area contributed by atoms with Crippen LogP contribution in [0.4, 0.5) is 5.69 Å². The summed E-state index contributed by atoms with van der Waals surface area (Å²) in [6.07, 6.45) is 4.16. The molecule has 30 heavy (non-hydrogen) atoms. The van der Waals surface area contributed by atoms with Gasteiger partial charge in [-0.1, -0.05) is 6.07 Å². The molecule has 1 aromatic carbocycles. The molecule has 2 aliphatic heterocycles. The third-order valence-electron chi connectivity index (χ3n) is 5.41. The van der Waals surface area contributed by atoms with Crippen molar-refractivity contribution < 1.29 is 9.59 Å². The van der Waals surface area contributed by atoms with Gasteiger partial charge in [-0.05, 0) is 36.8 Å². The molecule has 1 aromatic heterocycles. The topological polar surface area (TPSA) is 77.6 Å². The first-order valence-electron chi connectivity index (χ1n) is 9.76. The molecule has 0 spiro atoms. The van der Waals surface area contributed by atoms with Gasteiger partial charge in [0.1, 0.15) is 0 Å². The summed E-state index contributed by atoms with van der Waals surface area (Å²) >= 11 is 0. The van der Waals surface area contributed by atoms with E-state index in [9.17, 15) is 9.59 Å². The number of hydrogen-bond acceptors (Lipinski definition) is 5. The van der Waals surface area contributed by atoms with E-state index in [2.05, 4.69) is 20.5 Å². The standard InChI is InChI=1S/C21H25N5O2.2ClH/c27-20(17-4-2-7-23-14-17)24-18-5-1-3-16(13-18)21(28)26-10-6-19(15-26)25-11-8-22-9-12-25;;/h1-5,7,13-14,19,22H,6,8-12,15H2,(H,24,27);2*1H. The zero-order valence-electron chi connectivity index (χ0n) is 16.6. The van der Waals surface area contributed by atoms with Crippen LogP contribution in [0, 0.1) is 0 Å². The lowest BCUT2D eigenvalue weighted by Crippen LogP contribution is -2.49. The molecule has 9 heteroatoms. The van der Waals surface area contributed by atoms with E-state index in [-0.39, 0.29) is 36.6 Å². The van der Waals surface area contributed by atoms with Gasteiger partial charge >= 0.3 is 0 Å². The number of amides is 2. The maximum Gasteiger partial charge on any atom is 0.257 e. The number of nitrogens with one attached hydrogen (secondary N) is 2. The summed E-state index contributed by atoms with van der Waals surface area (Å²) in [6, 6.07) is 11.0. The quantitative estimate of drug-likeness (QED) is 0.745. The lowest BCUT2D eigenvalue weighted by molar-refractivity contribution is 0.0773. The average molecular weight is 452 g/mol. The van der Waals surface area contributed by atoms with Crippen LogP contribution in [0.25, 0.3) is 0 Å². The molecule has 4 rings (SSSR count). The monoisotopic (exact) mass is 451 g/mol.